The number of methoxy groups -OCH3 is 1. The summed E-state index contributed by atoms with van der Waals surface area (Å²) in [6.07, 6.45) is 0.783. The molecule has 2 heterocycles. The van der Waals surface area contributed by atoms with Crippen LogP contribution < -0.4 is 10.4 Å². The second-order valence-corrected chi connectivity index (χ2v) is 6.30. The predicted molar refractivity (Wildman–Crippen MR) is 93.3 cm³/mol. The average Bonchev–Trinajstić information content (AvgIpc) is 2.63. The van der Waals surface area contributed by atoms with Crippen molar-refractivity contribution in [2.75, 3.05) is 13.7 Å². The Balaban J connectivity index is 1.65. The highest BCUT2D eigenvalue weighted by Gasteiger charge is 2.23. The van der Waals surface area contributed by atoms with Gasteiger partial charge in [-0.25, -0.2) is 9.18 Å². The van der Waals surface area contributed by atoms with Gasteiger partial charge >= 0.3 is 5.63 Å². The lowest BCUT2D eigenvalue weighted by Gasteiger charge is -2.28. The minimum atomic E-state index is -0.292. The summed E-state index contributed by atoms with van der Waals surface area (Å²) in [6, 6.07) is 12.1. The van der Waals surface area contributed by atoms with Crippen molar-refractivity contribution in [1.29, 1.82) is 0 Å². The standard InChI is InChI=1S/C20H18FNO3/c1-24-15-6-7-17-16-8-9-22(11-13-2-4-14(21)5-3-13)12-18(16)20(23)25-19(17)10-15/h2-7,10H,8-9,11-12H2,1H3/i21-1. The van der Waals surface area contributed by atoms with Gasteiger partial charge in [-0.1, -0.05) is 12.1 Å². The van der Waals surface area contributed by atoms with Crippen molar-refractivity contribution >= 4 is 11.0 Å². The normalized spacial score (nSPS) is 14.5. The fraction of sp³-hybridized carbons (Fsp3) is 0.250. The van der Waals surface area contributed by atoms with Gasteiger partial charge in [0.15, 0.2) is 0 Å². The maximum absolute atomic E-state index is 13.0. The molecule has 0 aliphatic carbocycles. The van der Waals surface area contributed by atoms with Gasteiger partial charge in [-0.15, -0.1) is 0 Å². The quantitative estimate of drug-likeness (QED) is 0.686. The smallest absolute Gasteiger partial charge is 0.341 e. The zero-order chi connectivity index (χ0) is 17.4. The van der Waals surface area contributed by atoms with Crippen LogP contribution in [0, 0.1) is 5.82 Å². The summed E-state index contributed by atoms with van der Waals surface area (Å²) in [5, 5.41) is 0.969. The summed E-state index contributed by atoms with van der Waals surface area (Å²) in [6.45, 7) is 2.06. The molecule has 0 unspecified atom stereocenters. The first-order valence-electron chi connectivity index (χ1n) is 8.23. The van der Waals surface area contributed by atoms with Crippen LogP contribution in [0.3, 0.4) is 0 Å². The van der Waals surface area contributed by atoms with Crippen molar-refractivity contribution in [3.63, 3.8) is 0 Å². The highest BCUT2D eigenvalue weighted by molar-refractivity contribution is 5.82. The number of ether oxygens (including phenoxy) is 1. The van der Waals surface area contributed by atoms with E-state index in [0.717, 1.165) is 29.5 Å². The minimum absolute atomic E-state index is 0.240. The van der Waals surface area contributed by atoms with E-state index in [1.165, 1.54) is 12.1 Å². The second kappa shape index (κ2) is 6.33. The van der Waals surface area contributed by atoms with Crippen LogP contribution in [-0.2, 0) is 19.5 Å². The first-order valence-corrected chi connectivity index (χ1v) is 8.23. The molecule has 3 aromatic rings. The van der Waals surface area contributed by atoms with E-state index in [1.807, 2.05) is 12.1 Å². The fourth-order valence-electron chi connectivity index (χ4n) is 3.41. The molecule has 1 aromatic heterocycles. The predicted octanol–water partition coefficient (Wildman–Crippen LogP) is 3.50. The number of fused-ring (bicyclic) bond motifs is 3. The number of hydrogen-bond acceptors (Lipinski definition) is 4. The van der Waals surface area contributed by atoms with E-state index in [9.17, 15) is 9.18 Å². The topological polar surface area (TPSA) is 42.7 Å². The Kier molecular flexibility index (Phi) is 4.01. The Morgan fingerprint density at radius 3 is 2.72 bits per heavy atom. The molecule has 0 fully saturated rings. The first-order chi connectivity index (χ1) is 12.1. The van der Waals surface area contributed by atoms with Gasteiger partial charge in [0.05, 0.1) is 12.7 Å². The van der Waals surface area contributed by atoms with Crippen LogP contribution in [0.2, 0.25) is 0 Å². The van der Waals surface area contributed by atoms with Crippen LogP contribution in [0.1, 0.15) is 16.7 Å². The van der Waals surface area contributed by atoms with Crippen LogP contribution in [0.5, 0.6) is 5.75 Å². The van der Waals surface area contributed by atoms with Crippen molar-refractivity contribution < 1.29 is 13.5 Å². The van der Waals surface area contributed by atoms with Gasteiger partial charge < -0.3 is 9.15 Å². The van der Waals surface area contributed by atoms with E-state index in [2.05, 4.69) is 4.90 Å². The van der Waals surface area contributed by atoms with E-state index in [1.54, 1.807) is 25.3 Å². The summed E-state index contributed by atoms with van der Waals surface area (Å²) < 4.78 is 23.7. The van der Waals surface area contributed by atoms with Crippen molar-refractivity contribution in [2.24, 2.45) is 0 Å². The monoisotopic (exact) mass is 338 g/mol. The Morgan fingerprint density at radius 2 is 1.96 bits per heavy atom. The molecule has 5 heteroatoms. The lowest BCUT2D eigenvalue weighted by atomic mass is 9.97. The Hall–Kier alpha value is -2.66. The van der Waals surface area contributed by atoms with Crippen LogP contribution in [-0.4, -0.2) is 18.6 Å². The van der Waals surface area contributed by atoms with Gasteiger partial charge in [0.2, 0.25) is 0 Å². The molecule has 1 aliphatic heterocycles. The molecule has 0 saturated carbocycles. The zero-order valence-corrected chi connectivity index (χ0v) is 13.9. The van der Waals surface area contributed by atoms with E-state index in [4.69, 9.17) is 9.15 Å². The number of hydrogen-bond donors (Lipinski definition) is 0. The van der Waals surface area contributed by atoms with Gasteiger partial charge in [-0.05, 0) is 41.8 Å². The number of nitrogens with zero attached hydrogens (tertiary/aromatic N) is 1. The van der Waals surface area contributed by atoms with Gasteiger partial charge in [-0.3, -0.25) is 4.90 Å². The van der Waals surface area contributed by atoms with E-state index >= 15 is 0 Å². The summed E-state index contributed by atoms with van der Waals surface area (Å²) >= 11 is 0. The molecule has 0 amide bonds. The van der Waals surface area contributed by atoms with Gasteiger partial charge in [0.1, 0.15) is 17.1 Å². The van der Waals surface area contributed by atoms with Crippen molar-refractivity contribution in [2.45, 2.75) is 19.5 Å². The highest BCUT2D eigenvalue weighted by Crippen LogP contribution is 2.28. The SMILES string of the molecule is COc1ccc2c3c(c(=O)oc2c1)CN(Cc1ccc([18F])cc1)CC3. The molecule has 0 N–H and O–H groups in total. The maximum atomic E-state index is 13.0. The van der Waals surface area contributed by atoms with Crippen LogP contribution in [0.4, 0.5) is 4.39 Å². The molecular weight excluding hydrogens is 320 g/mol. The Labute approximate surface area is 144 Å². The Morgan fingerprint density at radius 1 is 1.16 bits per heavy atom. The van der Waals surface area contributed by atoms with E-state index in [-0.39, 0.29) is 11.4 Å². The zero-order valence-electron chi connectivity index (χ0n) is 13.9. The lowest BCUT2D eigenvalue weighted by Crippen LogP contribution is -2.33. The second-order valence-electron chi connectivity index (χ2n) is 6.30. The third-order valence-corrected chi connectivity index (χ3v) is 4.71. The third-order valence-electron chi connectivity index (χ3n) is 4.71. The van der Waals surface area contributed by atoms with Crippen molar-refractivity contribution in [3.05, 3.63) is 75.4 Å². The highest BCUT2D eigenvalue weighted by atomic mass is 18.2. The molecule has 4 nitrogen and oxygen atoms in total. The largest absolute Gasteiger partial charge is 0.497 e. The third kappa shape index (κ3) is 3.03. The summed E-state index contributed by atoms with van der Waals surface area (Å²) in [7, 11) is 1.59. The molecular formula is C20H18FNO3. The van der Waals surface area contributed by atoms with Crippen molar-refractivity contribution in [3.8, 4) is 5.75 Å². The van der Waals surface area contributed by atoms with E-state index in [0.29, 0.717) is 30.0 Å². The first kappa shape index (κ1) is 15.8. The van der Waals surface area contributed by atoms with Crippen LogP contribution in [0.25, 0.3) is 11.0 Å². The summed E-state index contributed by atoms with van der Waals surface area (Å²) in [5.74, 6) is 0.430. The minimum Gasteiger partial charge on any atom is -0.497 e. The van der Waals surface area contributed by atoms with E-state index < -0.39 is 0 Å². The average molecular weight is 338 g/mol. The molecule has 0 saturated heterocycles. The van der Waals surface area contributed by atoms with Gasteiger partial charge in [0, 0.05) is 31.1 Å². The Bertz CT molecular complexity index is 979. The number of halogens is 1. The maximum Gasteiger partial charge on any atom is 0.341 e. The number of benzene rings is 2. The molecule has 2 aromatic carbocycles. The van der Waals surface area contributed by atoms with Crippen LogP contribution in [0.15, 0.2) is 51.7 Å². The molecule has 0 radical (unpaired) electrons. The molecule has 1 aliphatic rings. The van der Waals surface area contributed by atoms with Crippen molar-refractivity contribution in [1.82, 2.24) is 4.90 Å². The summed E-state index contributed by atoms with van der Waals surface area (Å²) in [5.41, 5.74) is 3.07. The van der Waals surface area contributed by atoms with Gasteiger partial charge in [-0.2, -0.15) is 0 Å². The molecule has 0 atom stereocenters. The number of rotatable bonds is 3. The molecule has 0 bridgehead atoms. The van der Waals surface area contributed by atoms with Gasteiger partial charge in [0.25, 0.3) is 0 Å². The molecule has 0 spiro atoms. The molecule has 128 valence electrons. The fourth-order valence-corrected chi connectivity index (χ4v) is 3.41. The molecule has 25 heavy (non-hydrogen) atoms. The summed E-state index contributed by atoms with van der Waals surface area (Å²) in [4.78, 5) is 14.6. The molecule has 4 rings (SSSR count). The lowest BCUT2D eigenvalue weighted by molar-refractivity contribution is 0.241. The van der Waals surface area contributed by atoms with Crippen LogP contribution >= 0.6 is 0 Å².